The number of hydrogen-bond donors (Lipinski definition) is 1. The summed E-state index contributed by atoms with van der Waals surface area (Å²) in [6.07, 6.45) is 1.66. The van der Waals surface area contributed by atoms with Crippen LogP contribution in [0.3, 0.4) is 0 Å². The Morgan fingerprint density at radius 1 is 1.41 bits per heavy atom. The normalized spacial score (nSPS) is 19.6. The Labute approximate surface area is 129 Å². The minimum Gasteiger partial charge on any atom is -0.481 e. The van der Waals surface area contributed by atoms with Gasteiger partial charge in [0.15, 0.2) is 5.58 Å². The lowest BCUT2D eigenvalue weighted by Crippen LogP contribution is -2.38. The molecule has 0 saturated carbocycles. The molecule has 5 heteroatoms. The van der Waals surface area contributed by atoms with E-state index in [0.717, 1.165) is 42.1 Å². The molecule has 3 rings (SSSR count). The van der Waals surface area contributed by atoms with Gasteiger partial charge in [-0.05, 0) is 31.0 Å². The molecule has 0 aliphatic carbocycles. The van der Waals surface area contributed by atoms with Gasteiger partial charge < -0.3 is 14.4 Å². The summed E-state index contributed by atoms with van der Waals surface area (Å²) >= 11 is 0. The van der Waals surface area contributed by atoms with Crippen molar-refractivity contribution in [3.05, 3.63) is 24.1 Å². The van der Waals surface area contributed by atoms with Crippen LogP contribution in [0.25, 0.3) is 11.1 Å². The second-order valence-electron chi connectivity index (χ2n) is 7.04. The maximum absolute atomic E-state index is 11.2. The second-order valence-corrected chi connectivity index (χ2v) is 7.04. The number of oxazole rings is 1. The van der Waals surface area contributed by atoms with E-state index < -0.39 is 5.97 Å². The SMILES string of the molecule is CC(C)(C)c1nc2cc(N3CCCC(C(=O)O)C3)ccc2o1. The van der Waals surface area contributed by atoms with Gasteiger partial charge in [-0.25, -0.2) is 4.98 Å². The maximum atomic E-state index is 11.2. The van der Waals surface area contributed by atoms with E-state index in [4.69, 9.17) is 4.42 Å². The zero-order valence-corrected chi connectivity index (χ0v) is 13.3. The Hall–Kier alpha value is -2.04. The molecule has 0 spiro atoms. The molecule has 118 valence electrons. The molecule has 22 heavy (non-hydrogen) atoms. The Balaban J connectivity index is 1.90. The third-order valence-electron chi connectivity index (χ3n) is 4.15. The molecular weight excluding hydrogens is 280 g/mol. The van der Waals surface area contributed by atoms with Gasteiger partial charge in [0.1, 0.15) is 5.52 Å². The van der Waals surface area contributed by atoms with E-state index in [0.29, 0.717) is 6.54 Å². The number of fused-ring (bicyclic) bond motifs is 1. The molecule has 0 amide bonds. The summed E-state index contributed by atoms with van der Waals surface area (Å²) in [6, 6.07) is 5.92. The molecule has 2 aromatic rings. The first-order valence-electron chi connectivity index (χ1n) is 7.73. The van der Waals surface area contributed by atoms with Crippen molar-refractivity contribution >= 4 is 22.8 Å². The van der Waals surface area contributed by atoms with E-state index in [1.165, 1.54) is 0 Å². The summed E-state index contributed by atoms with van der Waals surface area (Å²) < 4.78 is 5.81. The molecule has 0 bridgehead atoms. The van der Waals surface area contributed by atoms with Crippen molar-refractivity contribution in [2.75, 3.05) is 18.0 Å². The third-order valence-corrected chi connectivity index (χ3v) is 4.15. The number of rotatable bonds is 2. The average Bonchev–Trinajstić information content (AvgIpc) is 2.90. The predicted octanol–water partition coefficient (Wildman–Crippen LogP) is 3.43. The Morgan fingerprint density at radius 2 is 2.18 bits per heavy atom. The fourth-order valence-corrected chi connectivity index (χ4v) is 2.85. The standard InChI is InChI=1S/C17H22N2O3/c1-17(2,3)16-18-13-9-12(6-7-14(13)22-16)19-8-4-5-11(10-19)15(20)21/h6-7,9,11H,4-5,8,10H2,1-3H3,(H,20,21). The predicted molar refractivity (Wildman–Crippen MR) is 85.3 cm³/mol. The van der Waals surface area contributed by atoms with Gasteiger partial charge in [0.05, 0.1) is 5.92 Å². The number of hydrogen-bond acceptors (Lipinski definition) is 4. The number of nitrogens with zero attached hydrogens (tertiary/aromatic N) is 2. The zero-order chi connectivity index (χ0) is 15.9. The Morgan fingerprint density at radius 3 is 2.86 bits per heavy atom. The van der Waals surface area contributed by atoms with E-state index in [2.05, 4.69) is 30.7 Å². The molecule has 1 aromatic carbocycles. The first-order chi connectivity index (χ1) is 10.3. The van der Waals surface area contributed by atoms with Crippen LogP contribution in [-0.4, -0.2) is 29.1 Å². The van der Waals surface area contributed by atoms with Crippen molar-refractivity contribution in [2.45, 2.75) is 39.0 Å². The van der Waals surface area contributed by atoms with Crippen LogP contribution >= 0.6 is 0 Å². The number of carboxylic acids is 1. The van der Waals surface area contributed by atoms with Gasteiger partial charge in [-0.3, -0.25) is 4.79 Å². The van der Waals surface area contributed by atoms with Crippen molar-refractivity contribution in [3.63, 3.8) is 0 Å². The molecule has 5 nitrogen and oxygen atoms in total. The highest BCUT2D eigenvalue weighted by atomic mass is 16.4. The first kappa shape index (κ1) is 14.9. The van der Waals surface area contributed by atoms with Gasteiger partial charge in [0.25, 0.3) is 0 Å². The van der Waals surface area contributed by atoms with Crippen molar-refractivity contribution in [1.82, 2.24) is 4.98 Å². The van der Waals surface area contributed by atoms with Gasteiger partial charge in [-0.15, -0.1) is 0 Å². The number of piperidine rings is 1. The monoisotopic (exact) mass is 302 g/mol. The maximum Gasteiger partial charge on any atom is 0.308 e. The minimum atomic E-state index is -0.706. The number of anilines is 1. The van der Waals surface area contributed by atoms with Gasteiger partial charge in [0.2, 0.25) is 5.89 Å². The Bertz CT molecular complexity index is 699. The largest absolute Gasteiger partial charge is 0.481 e. The van der Waals surface area contributed by atoms with E-state index in [-0.39, 0.29) is 11.3 Å². The molecule has 0 radical (unpaired) electrons. The number of aromatic nitrogens is 1. The van der Waals surface area contributed by atoms with Crippen LogP contribution in [0.4, 0.5) is 5.69 Å². The summed E-state index contributed by atoms with van der Waals surface area (Å²) in [5.74, 6) is -0.268. The van der Waals surface area contributed by atoms with Crippen molar-refractivity contribution < 1.29 is 14.3 Å². The fourth-order valence-electron chi connectivity index (χ4n) is 2.85. The van der Waals surface area contributed by atoms with Crippen LogP contribution in [-0.2, 0) is 10.2 Å². The molecule has 1 aliphatic heterocycles. The number of aliphatic carboxylic acids is 1. The van der Waals surface area contributed by atoms with Crippen molar-refractivity contribution in [2.24, 2.45) is 5.92 Å². The van der Waals surface area contributed by atoms with E-state index in [1.807, 2.05) is 18.2 Å². The minimum absolute atomic E-state index is 0.126. The smallest absolute Gasteiger partial charge is 0.308 e. The van der Waals surface area contributed by atoms with E-state index in [1.54, 1.807) is 0 Å². The van der Waals surface area contributed by atoms with E-state index >= 15 is 0 Å². The lowest BCUT2D eigenvalue weighted by molar-refractivity contribution is -0.141. The van der Waals surface area contributed by atoms with E-state index in [9.17, 15) is 9.90 Å². The molecule has 1 atom stereocenters. The molecule has 1 aliphatic rings. The van der Waals surface area contributed by atoms with Gasteiger partial charge in [-0.2, -0.15) is 0 Å². The molecule has 1 N–H and O–H groups in total. The summed E-state index contributed by atoms with van der Waals surface area (Å²) in [5, 5.41) is 9.21. The summed E-state index contributed by atoms with van der Waals surface area (Å²) in [7, 11) is 0. The van der Waals surface area contributed by atoms with Crippen LogP contribution in [0.15, 0.2) is 22.6 Å². The van der Waals surface area contributed by atoms with Gasteiger partial charge in [0, 0.05) is 24.2 Å². The fraction of sp³-hybridized carbons (Fsp3) is 0.529. The molecule has 1 unspecified atom stereocenters. The highest BCUT2D eigenvalue weighted by molar-refractivity contribution is 5.78. The second kappa shape index (κ2) is 5.30. The van der Waals surface area contributed by atoms with Gasteiger partial charge >= 0.3 is 5.97 Å². The lowest BCUT2D eigenvalue weighted by atomic mass is 9.97. The van der Waals surface area contributed by atoms with Crippen LogP contribution in [0.5, 0.6) is 0 Å². The first-order valence-corrected chi connectivity index (χ1v) is 7.73. The number of carboxylic acid groups (broad SMARTS) is 1. The third kappa shape index (κ3) is 2.80. The quantitative estimate of drug-likeness (QED) is 0.920. The van der Waals surface area contributed by atoms with Crippen LogP contribution in [0, 0.1) is 5.92 Å². The molecule has 2 heterocycles. The molecule has 1 saturated heterocycles. The van der Waals surface area contributed by atoms with Crippen LogP contribution in [0.1, 0.15) is 39.5 Å². The van der Waals surface area contributed by atoms with Crippen molar-refractivity contribution in [3.8, 4) is 0 Å². The molecule has 1 aromatic heterocycles. The highest BCUT2D eigenvalue weighted by Gasteiger charge is 2.26. The summed E-state index contributed by atoms with van der Waals surface area (Å²) in [5.41, 5.74) is 2.51. The van der Waals surface area contributed by atoms with Gasteiger partial charge in [-0.1, -0.05) is 20.8 Å². The summed E-state index contributed by atoms with van der Waals surface area (Å²) in [6.45, 7) is 7.66. The van der Waals surface area contributed by atoms with Crippen LogP contribution in [0.2, 0.25) is 0 Å². The topological polar surface area (TPSA) is 66.6 Å². The lowest BCUT2D eigenvalue weighted by Gasteiger charge is -2.32. The highest BCUT2D eigenvalue weighted by Crippen LogP contribution is 2.30. The molecular formula is C17H22N2O3. The van der Waals surface area contributed by atoms with Crippen molar-refractivity contribution in [1.29, 1.82) is 0 Å². The average molecular weight is 302 g/mol. The number of carbonyl (C=O) groups is 1. The zero-order valence-electron chi connectivity index (χ0n) is 13.3. The van der Waals surface area contributed by atoms with Crippen LogP contribution < -0.4 is 4.90 Å². The molecule has 1 fully saturated rings. The summed E-state index contributed by atoms with van der Waals surface area (Å²) in [4.78, 5) is 17.9. The Kier molecular flexibility index (Phi) is 3.59. The number of benzene rings is 1.